The molecule has 1 unspecified atom stereocenters. The fourth-order valence-corrected chi connectivity index (χ4v) is 2.30. The highest BCUT2D eigenvalue weighted by atomic mass is 19.1. The average molecular weight is 271 g/mol. The lowest BCUT2D eigenvalue weighted by Crippen LogP contribution is -2.18. The highest BCUT2D eigenvalue weighted by Gasteiger charge is 2.05. The molecule has 1 atom stereocenters. The zero-order chi connectivity index (χ0) is 14.5. The molecule has 106 valence electrons. The molecule has 0 radical (unpaired) electrons. The van der Waals surface area contributed by atoms with Gasteiger partial charge in [0.1, 0.15) is 5.82 Å². The molecule has 0 amide bonds. The van der Waals surface area contributed by atoms with Gasteiger partial charge >= 0.3 is 0 Å². The number of hydrogen-bond acceptors (Lipinski definition) is 1. The van der Waals surface area contributed by atoms with Crippen LogP contribution in [0.25, 0.3) is 0 Å². The summed E-state index contributed by atoms with van der Waals surface area (Å²) < 4.78 is 12.9. The van der Waals surface area contributed by atoms with Crippen molar-refractivity contribution >= 4 is 5.69 Å². The summed E-state index contributed by atoms with van der Waals surface area (Å²) in [4.78, 5) is 0. The molecule has 0 fully saturated rings. The molecule has 0 saturated carbocycles. The van der Waals surface area contributed by atoms with Gasteiger partial charge in [0.15, 0.2) is 0 Å². The van der Waals surface area contributed by atoms with Gasteiger partial charge in [0.25, 0.3) is 0 Å². The van der Waals surface area contributed by atoms with Crippen molar-refractivity contribution in [3.63, 3.8) is 0 Å². The van der Waals surface area contributed by atoms with Gasteiger partial charge in [-0.15, -0.1) is 0 Å². The molecule has 2 heteroatoms. The predicted octanol–water partition coefficient (Wildman–Crippen LogP) is 4.99. The lowest BCUT2D eigenvalue weighted by atomic mass is 10.0. The summed E-state index contributed by atoms with van der Waals surface area (Å²) in [5.41, 5.74) is 3.63. The molecule has 1 N–H and O–H groups in total. The van der Waals surface area contributed by atoms with Crippen LogP contribution in [0.15, 0.2) is 48.5 Å². The summed E-state index contributed by atoms with van der Waals surface area (Å²) in [6.07, 6.45) is 0.881. The molecule has 0 aliphatic heterocycles. The molecule has 0 bridgehead atoms. The van der Waals surface area contributed by atoms with Crippen molar-refractivity contribution in [3.8, 4) is 0 Å². The van der Waals surface area contributed by atoms with Gasteiger partial charge in [0, 0.05) is 11.7 Å². The quantitative estimate of drug-likeness (QED) is 0.807. The number of anilines is 1. The fraction of sp³-hybridized carbons (Fsp3) is 0.333. The van der Waals surface area contributed by atoms with Crippen LogP contribution in [-0.2, 0) is 6.42 Å². The minimum Gasteiger partial charge on any atom is -0.382 e. The molecule has 0 heterocycles. The Labute approximate surface area is 120 Å². The predicted molar refractivity (Wildman–Crippen MR) is 83.7 cm³/mol. The van der Waals surface area contributed by atoms with E-state index < -0.39 is 0 Å². The first-order valence-electron chi connectivity index (χ1n) is 7.15. The van der Waals surface area contributed by atoms with Gasteiger partial charge in [0.2, 0.25) is 0 Å². The standard InChI is InChI=1S/C18H22FN/c1-13(2)16-5-4-6-18(12-16)20-14(3)11-15-7-9-17(19)10-8-15/h4-10,12-14,20H,11H2,1-3H3. The second-order valence-electron chi connectivity index (χ2n) is 5.66. The van der Waals surface area contributed by atoms with E-state index in [9.17, 15) is 4.39 Å². The van der Waals surface area contributed by atoms with Gasteiger partial charge in [-0.25, -0.2) is 4.39 Å². The Kier molecular flexibility index (Phi) is 4.78. The highest BCUT2D eigenvalue weighted by Crippen LogP contribution is 2.19. The molecular weight excluding hydrogens is 249 g/mol. The van der Waals surface area contributed by atoms with Crippen LogP contribution in [0.5, 0.6) is 0 Å². The van der Waals surface area contributed by atoms with E-state index in [0.29, 0.717) is 12.0 Å². The second kappa shape index (κ2) is 6.56. The molecule has 0 aromatic heterocycles. The van der Waals surface area contributed by atoms with Crippen molar-refractivity contribution in [1.82, 2.24) is 0 Å². The van der Waals surface area contributed by atoms with E-state index in [1.807, 2.05) is 12.1 Å². The van der Waals surface area contributed by atoms with Gasteiger partial charge in [-0.1, -0.05) is 38.1 Å². The van der Waals surface area contributed by atoms with Crippen LogP contribution >= 0.6 is 0 Å². The molecular formula is C18H22FN. The minimum atomic E-state index is -0.181. The fourth-order valence-electron chi connectivity index (χ4n) is 2.30. The van der Waals surface area contributed by atoms with Crippen LogP contribution in [0.2, 0.25) is 0 Å². The van der Waals surface area contributed by atoms with Gasteiger partial charge in [-0.3, -0.25) is 0 Å². The summed E-state index contributed by atoms with van der Waals surface area (Å²) in [5, 5.41) is 3.51. The Hall–Kier alpha value is -1.83. The SMILES string of the molecule is CC(Cc1ccc(F)cc1)Nc1cccc(C(C)C)c1. The topological polar surface area (TPSA) is 12.0 Å². The second-order valence-corrected chi connectivity index (χ2v) is 5.66. The van der Waals surface area contributed by atoms with Crippen LogP contribution in [0, 0.1) is 5.82 Å². The Morgan fingerprint density at radius 1 is 1.00 bits per heavy atom. The Balaban J connectivity index is 1.99. The molecule has 0 aliphatic carbocycles. The van der Waals surface area contributed by atoms with Gasteiger partial charge in [-0.2, -0.15) is 0 Å². The van der Waals surface area contributed by atoms with E-state index in [1.54, 1.807) is 0 Å². The van der Waals surface area contributed by atoms with Crippen molar-refractivity contribution in [2.24, 2.45) is 0 Å². The van der Waals surface area contributed by atoms with Crippen molar-refractivity contribution in [2.75, 3.05) is 5.32 Å². The minimum absolute atomic E-state index is 0.181. The van der Waals surface area contributed by atoms with E-state index >= 15 is 0 Å². The molecule has 2 rings (SSSR count). The van der Waals surface area contributed by atoms with Crippen LogP contribution < -0.4 is 5.32 Å². The highest BCUT2D eigenvalue weighted by molar-refractivity contribution is 5.47. The van der Waals surface area contributed by atoms with E-state index in [2.05, 4.69) is 50.4 Å². The lowest BCUT2D eigenvalue weighted by Gasteiger charge is -2.17. The maximum atomic E-state index is 12.9. The van der Waals surface area contributed by atoms with Gasteiger partial charge in [-0.05, 0) is 54.7 Å². The summed E-state index contributed by atoms with van der Waals surface area (Å²) in [6.45, 7) is 6.54. The molecule has 1 nitrogen and oxygen atoms in total. The van der Waals surface area contributed by atoms with Crippen molar-refractivity contribution in [3.05, 3.63) is 65.5 Å². The normalized spacial score (nSPS) is 12.4. The molecule has 0 aliphatic rings. The van der Waals surface area contributed by atoms with E-state index in [1.165, 1.54) is 17.7 Å². The van der Waals surface area contributed by atoms with Crippen LogP contribution in [0.1, 0.15) is 37.8 Å². The zero-order valence-electron chi connectivity index (χ0n) is 12.4. The molecule has 0 spiro atoms. The largest absolute Gasteiger partial charge is 0.382 e. The summed E-state index contributed by atoms with van der Waals surface area (Å²) in [5.74, 6) is 0.350. The molecule has 20 heavy (non-hydrogen) atoms. The Morgan fingerprint density at radius 2 is 1.70 bits per heavy atom. The third kappa shape index (κ3) is 4.09. The average Bonchev–Trinajstić information content (AvgIpc) is 2.41. The Morgan fingerprint density at radius 3 is 2.35 bits per heavy atom. The molecule has 2 aromatic carbocycles. The number of hydrogen-bond donors (Lipinski definition) is 1. The molecule has 0 saturated heterocycles. The lowest BCUT2D eigenvalue weighted by molar-refractivity contribution is 0.626. The number of rotatable bonds is 5. The molecule has 2 aromatic rings. The number of benzene rings is 2. The third-order valence-corrected chi connectivity index (χ3v) is 3.42. The van der Waals surface area contributed by atoms with Crippen LogP contribution in [-0.4, -0.2) is 6.04 Å². The van der Waals surface area contributed by atoms with E-state index in [4.69, 9.17) is 0 Å². The van der Waals surface area contributed by atoms with E-state index in [0.717, 1.165) is 17.7 Å². The first kappa shape index (κ1) is 14.6. The van der Waals surface area contributed by atoms with Crippen LogP contribution in [0.3, 0.4) is 0 Å². The van der Waals surface area contributed by atoms with Crippen molar-refractivity contribution in [1.29, 1.82) is 0 Å². The summed E-state index contributed by atoms with van der Waals surface area (Å²) in [7, 11) is 0. The third-order valence-electron chi connectivity index (χ3n) is 3.42. The van der Waals surface area contributed by atoms with Crippen molar-refractivity contribution in [2.45, 2.75) is 39.2 Å². The van der Waals surface area contributed by atoms with Gasteiger partial charge in [0.05, 0.1) is 0 Å². The van der Waals surface area contributed by atoms with E-state index in [-0.39, 0.29) is 5.82 Å². The van der Waals surface area contributed by atoms with Crippen molar-refractivity contribution < 1.29 is 4.39 Å². The zero-order valence-corrected chi connectivity index (χ0v) is 12.4. The number of nitrogens with one attached hydrogen (secondary N) is 1. The first-order valence-corrected chi connectivity index (χ1v) is 7.15. The maximum Gasteiger partial charge on any atom is 0.123 e. The summed E-state index contributed by atoms with van der Waals surface area (Å²) in [6, 6.07) is 15.6. The van der Waals surface area contributed by atoms with Crippen LogP contribution in [0.4, 0.5) is 10.1 Å². The number of halogens is 1. The summed E-state index contributed by atoms with van der Waals surface area (Å²) >= 11 is 0. The first-order chi connectivity index (χ1) is 9.54. The Bertz CT molecular complexity index is 546. The maximum absolute atomic E-state index is 12.9. The monoisotopic (exact) mass is 271 g/mol. The van der Waals surface area contributed by atoms with Gasteiger partial charge < -0.3 is 5.32 Å². The smallest absolute Gasteiger partial charge is 0.123 e.